The van der Waals surface area contributed by atoms with Crippen LogP contribution in [-0.4, -0.2) is 69.1 Å². The van der Waals surface area contributed by atoms with Crippen LogP contribution >= 0.6 is 0 Å². The van der Waals surface area contributed by atoms with Gasteiger partial charge >= 0.3 is 6.09 Å². The number of carbonyl (C=O) groups is 1. The van der Waals surface area contributed by atoms with E-state index in [4.69, 9.17) is 18.9 Å². The van der Waals surface area contributed by atoms with Gasteiger partial charge in [-0.1, -0.05) is 12.1 Å². The Morgan fingerprint density at radius 1 is 1.06 bits per heavy atom. The summed E-state index contributed by atoms with van der Waals surface area (Å²) in [5, 5.41) is 2.68. The van der Waals surface area contributed by atoms with E-state index in [2.05, 4.69) is 15.1 Å². The van der Waals surface area contributed by atoms with Gasteiger partial charge in [0.1, 0.15) is 12.4 Å². The number of ether oxygens (including phenoxy) is 4. The largest absolute Gasteiger partial charge is 0.493 e. The molecular formula is C23H28FN3O5. The van der Waals surface area contributed by atoms with E-state index < -0.39 is 6.09 Å². The number of carbonyl (C=O) groups excluding carboxylic acids is 1. The van der Waals surface area contributed by atoms with Crippen molar-refractivity contribution in [2.24, 2.45) is 0 Å². The van der Waals surface area contributed by atoms with E-state index in [9.17, 15) is 9.18 Å². The summed E-state index contributed by atoms with van der Waals surface area (Å²) < 4.78 is 34.6. The van der Waals surface area contributed by atoms with Crippen LogP contribution in [0.15, 0.2) is 36.4 Å². The highest BCUT2D eigenvalue weighted by Gasteiger charge is 2.22. The standard InChI is InChI=1S/C23H28FN3O5/c1-29-20-12-18(13-21-22(20)32-16-31-21)15-27-8-6-26(7-9-27)10-11-30-23(28)25-14-17-2-4-19(24)5-3-17/h2-5,12-13H,6-11,14-16H2,1H3,(H,25,28). The van der Waals surface area contributed by atoms with E-state index >= 15 is 0 Å². The lowest BCUT2D eigenvalue weighted by Gasteiger charge is -2.34. The fraction of sp³-hybridized carbons (Fsp3) is 0.435. The molecule has 172 valence electrons. The molecule has 1 fully saturated rings. The molecule has 1 amide bonds. The predicted octanol–water partition coefficient (Wildman–Crippen LogP) is 2.61. The van der Waals surface area contributed by atoms with Crippen LogP contribution in [-0.2, 0) is 17.8 Å². The van der Waals surface area contributed by atoms with Crippen LogP contribution in [0.1, 0.15) is 11.1 Å². The van der Waals surface area contributed by atoms with Gasteiger partial charge in [0.2, 0.25) is 12.5 Å². The molecule has 4 rings (SSSR count). The molecule has 0 radical (unpaired) electrons. The first-order chi connectivity index (χ1) is 15.6. The second kappa shape index (κ2) is 10.5. The van der Waals surface area contributed by atoms with Crippen LogP contribution in [0.4, 0.5) is 9.18 Å². The Morgan fingerprint density at radius 3 is 2.56 bits per heavy atom. The minimum absolute atomic E-state index is 0.222. The lowest BCUT2D eigenvalue weighted by Crippen LogP contribution is -2.47. The molecule has 2 aromatic carbocycles. The average Bonchev–Trinajstić information content (AvgIpc) is 3.28. The van der Waals surface area contributed by atoms with Gasteiger partial charge in [-0.3, -0.25) is 9.80 Å². The molecule has 2 aromatic rings. The molecule has 0 unspecified atom stereocenters. The molecule has 0 bridgehead atoms. The smallest absolute Gasteiger partial charge is 0.407 e. The molecule has 0 spiro atoms. The van der Waals surface area contributed by atoms with E-state index in [0.29, 0.717) is 31.2 Å². The summed E-state index contributed by atoms with van der Waals surface area (Å²) in [7, 11) is 1.63. The average molecular weight is 445 g/mol. The van der Waals surface area contributed by atoms with Gasteiger partial charge in [0.15, 0.2) is 11.5 Å². The molecule has 0 saturated carbocycles. The van der Waals surface area contributed by atoms with E-state index in [-0.39, 0.29) is 12.6 Å². The van der Waals surface area contributed by atoms with Gasteiger partial charge in [0.25, 0.3) is 0 Å². The lowest BCUT2D eigenvalue weighted by molar-refractivity contribution is 0.0925. The van der Waals surface area contributed by atoms with Crippen molar-refractivity contribution in [2.75, 3.05) is 53.2 Å². The third-order valence-electron chi connectivity index (χ3n) is 5.58. The van der Waals surface area contributed by atoms with Gasteiger partial charge in [0.05, 0.1) is 7.11 Å². The Labute approximate surface area is 186 Å². The second-order valence-electron chi connectivity index (χ2n) is 7.77. The van der Waals surface area contributed by atoms with Crippen LogP contribution in [0.25, 0.3) is 0 Å². The van der Waals surface area contributed by atoms with Crippen molar-refractivity contribution in [1.29, 1.82) is 0 Å². The topological polar surface area (TPSA) is 72.5 Å². The molecule has 1 saturated heterocycles. The van der Waals surface area contributed by atoms with Crippen molar-refractivity contribution in [2.45, 2.75) is 13.1 Å². The number of nitrogens with one attached hydrogen (secondary N) is 1. The van der Waals surface area contributed by atoms with Crippen LogP contribution < -0.4 is 19.5 Å². The molecule has 2 aliphatic heterocycles. The zero-order valence-electron chi connectivity index (χ0n) is 18.1. The number of rotatable bonds is 8. The molecule has 9 heteroatoms. The maximum absolute atomic E-state index is 12.9. The van der Waals surface area contributed by atoms with E-state index in [1.807, 2.05) is 12.1 Å². The van der Waals surface area contributed by atoms with Gasteiger partial charge in [-0.2, -0.15) is 0 Å². The molecule has 0 aromatic heterocycles. The Hall–Kier alpha value is -3.04. The van der Waals surface area contributed by atoms with Gasteiger partial charge in [0, 0.05) is 45.8 Å². The Morgan fingerprint density at radius 2 is 1.81 bits per heavy atom. The number of benzene rings is 2. The number of piperazine rings is 1. The van der Waals surface area contributed by atoms with Gasteiger partial charge in [-0.05, 0) is 35.4 Å². The summed E-state index contributed by atoms with van der Waals surface area (Å²) >= 11 is 0. The van der Waals surface area contributed by atoms with Gasteiger partial charge < -0.3 is 24.3 Å². The van der Waals surface area contributed by atoms with Crippen molar-refractivity contribution in [3.8, 4) is 17.2 Å². The number of halogens is 1. The summed E-state index contributed by atoms with van der Waals surface area (Å²) in [6, 6.07) is 10.0. The van der Waals surface area contributed by atoms with Crippen molar-refractivity contribution < 1.29 is 28.1 Å². The molecular weight excluding hydrogens is 417 g/mol. The molecule has 2 heterocycles. The summed E-state index contributed by atoms with van der Waals surface area (Å²) in [5.41, 5.74) is 1.94. The maximum atomic E-state index is 12.9. The Balaban J connectivity index is 1.14. The summed E-state index contributed by atoms with van der Waals surface area (Å²) in [4.78, 5) is 16.5. The van der Waals surface area contributed by atoms with Gasteiger partial charge in [-0.25, -0.2) is 9.18 Å². The van der Waals surface area contributed by atoms with Crippen molar-refractivity contribution in [3.63, 3.8) is 0 Å². The number of fused-ring (bicyclic) bond motifs is 1. The van der Waals surface area contributed by atoms with Crippen LogP contribution in [0.2, 0.25) is 0 Å². The molecule has 1 N–H and O–H groups in total. The van der Waals surface area contributed by atoms with Crippen molar-refractivity contribution >= 4 is 6.09 Å². The number of alkyl carbamates (subject to hydrolysis) is 1. The zero-order valence-corrected chi connectivity index (χ0v) is 18.1. The normalized spacial score (nSPS) is 16.1. The first kappa shape index (κ1) is 22.2. The highest BCUT2D eigenvalue weighted by molar-refractivity contribution is 5.67. The highest BCUT2D eigenvalue weighted by atomic mass is 19.1. The van der Waals surface area contributed by atoms with Crippen LogP contribution in [0, 0.1) is 5.82 Å². The number of amides is 1. The number of methoxy groups -OCH3 is 1. The van der Waals surface area contributed by atoms with Gasteiger partial charge in [-0.15, -0.1) is 0 Å². The quantitative estimate of drug-likeness (QED) is 0.670. The fourth-order valence-corrected chi connectivity index (χ4v) is 3.80. The number of hydrogen-bond donors (Lipinski definition) is 1. The zero-order chi connectivity index (χ0) is 22.3. The van der Waals surface area contributed by atoms with Crippen molar-refractivity contribution in [3.05, 3.63) is 53.3 Å². The fourth-order valence-electron chi connectivity index (χ4n) is 3.80. The summed E-state index contributed by atoms with van der Waals surface area (Å²) in [6.45, 7) is 6.02. The SMILES string of the molecule is COc1cc(CN2CCN(CCOC(=O)NCc3ccc(F)cc3)CC2)cc2c1OCO2. The maximum Gasteiger partial charge on any atom is 0.407 e. The highest BCUT2D eigenvalue weighted by Crippen LogP contribution is 2.42. The third kappa shape index (κ3) is 5.80. The molecule has 8 nitrogen and oxygen atoms in total. The summed E-state index contributed by atoms with van der Waals surface area (Å²) in [5.74, 6) is 1.80. The summed E-state index contributed by atoms with van der Waals surface area (Å²) in [6.07, 6.45) is -0.468. The minimum Gasteiger partial charge on any atom is -0.493 e. The number of nitrogens with zero attached hydrogens (tertiary/aromatic N) is 2. The minimum atomic E-state index is -0.468. The second-order valence-corrected chi connectivity index (χ2v) is 7.77. The molecule has 0 aliphatic carbocycles. The predicted molar refractivity (Wildman–Crippen MR) is 115 cm³/mol. The monoisotopic (exact) mass is 445 g/mol. The Kier molecular flexibility index (Phi) is 7.28. The van der Waals surface area contributed by atoms with E-state index in [1.165, 1.54) is 12.1 Å². The first-order valence-corrected chi connectivity index (χ1v) is 10.7. The molecule has 32 heavy (non-hydrogen) atoms. The third-order valence-corrected chi connectivity index (χ3v) is 5.58. The van der Waals surface area contributed by atoms with E-state index in [1.54, 1.807) is 19.2 Å². The first-order valence-electron chi connectivity index (χ1n) is 10.7. The Bertz CT molecular complexity index is 917. The van der Waals surface area contributed by atoms with Crippen LogP contribution in [0.5, 0.6) is 17.2 Å². The molecule has 0 atom stereocenters. The van der Waals surface area contributed by atoms with Crippen molar-refractivity contribution in [1.82, 2.24) is 15.1 Å². The van der Waals surface area contributed by atoms with Crippen LogP contribution in [0.3, 0.4) is 0 Å². The number of hydrogen-bond acceptors (Lipinski definition) is 7. The molecule has 2 aliphatic rings. The lowest BCUT2D eigenvalue weighted by atomic mass is 10.1. The van der Waals surface area contributed by atoms with E-state index in [0.717, 1.165) is 49.6 Å².